The van der Waals surface area contributed by atoms with E-state index in [1.807, 2.05) is 6.07 Å². The molecule has 4 heteroatoms. The Morgan fingerprint density at radius 3 is 2.81 bits per heavy atom. The number of unbranched alkanes of at least 4 members (excludes halogenated alkanes) is 1. The summed E-state index contributed by atoms with van der Waals surface area (Å²) in [5.41, 5.74) is 6.87. The predicted octanol–water partition coefficient (Wildman–Crippen LogP) is 3.65. The van der Waals surface area contributed by atoms with Crippen LogP contribution in [0, 0.1) is 0 Å². The molecular weight excluding hydrogens is 289 g/mol. The first-order chi connectivity index (χ1) is 7.56. The lowest BCUT2D eigenvalue weighted by atomic mass is 9.98. The van der Waals surface area contributed by atoms with Gasteiger partial charge in [-0.2, -0.15) is 0 Å². The molecule has 2 nitrogen and oxygen atoms in total. The van der Waals surface area contributed by atoms with E-state index in [0.29, 0.717) is 5.02 Å². The van der Waals surface area contributed by atoms with Crippen molar-refractivity contribution >= 4 is 27.5 Å². The highest BCUT2D eigenvalue weighted by molar-refractivity contribution is 9.10. The van der Waals surface area contributed by atoms with Gasteiger partial charge in [-0.3, -0.25) is 0 Å². The minimum atomic E-state index is -0.519. The lowest BCUT2D eigenvalue weighted by molar-refractivity contribution is 0.132. The maximum Gasteiger partial charge on any atom is 0.0733 e. The Morgan fingerprint density at radius 1 is 1.50 bits per heavy atom. The van der Waals surface area contributed by atoms with Gasteiger partial charge in [0.1, 0.15) is 0 Å². The van der Waals surface area contributed by atoms with Gasteiger partial charge in [-0.25, -0.2) is 0 Å². The zero-order valence-electron chi connectivity index (χ0n) is 9.29. The number of nitrogens with two attached hydrogens (primary N) is 1. The summed E-state index contributed by atoms with van der Waals surface area (Å²) in [4.78, 5) is 0. The largest absolute Gasteiger partial charge is 0.391 e. The summed E-state index contributed by atoms with van der Waals surface area (Å²) in [7, 11) is 0. The predicted molar refractivity (Wildman–Crippen MR) is 71.6 cm³/mol. The van der Waals surface area contributed by atoms with Crippen molar-refractivity contribution in [3.8, 4) is 0 Å². The molecule has 0 aromatic heterocycles. The lowest BCUT2D eigenvalue weighted by Crippen LogP contribution is -2.26. The first kappa shape index (κ1) is 14.0. The number of rotatable bonds is 5. The van der Waals surface area contributed by atoms with Gasteiger partial charge in [0.05, 0.1) is 12.1 Å². The molecule has 90 valence electrons. The van der Waals surface area contributed by atoms with Gasteiger partial charge in [0.25, 0.3) is 0 Å². The van der Waals surface area contributed by atoms with E-state index in [1.165, 1.54) is 0 Å². The van der Waals surface area contributed by atoms with Crippen LogP contribution in [0.25, 0.3) is 0 Å². The normalized spacial score (nSPS) is 14.8. The van der Waals surface area contributed by atoms with E-state index in [-0.39, 0.29) is 6.04 Å². The number of halogens is 2. The molecule has 3 N–H and O–H groups in total. The molecule has 0 fully saturated rings. The summed E-state index contributed by atoms with van der Waals surface area (Å²) in [6, 6.07) is 5.05. The number of aliphatic hydroxyl groups excluding tert-OH is 1. The van der Waals surface area contributed by atoms with Crippen LogP contribution in [0.3, 0.4) is 0 Å². The Labute approximate surface area is 110 Å². The Kier molecular flexibility index (Phi) is 5.76. The fourth-order valence-corrected chi connectivity index (χ4v) is 2.26. The third-order valence-electron chi connectivity index (χ3n) is 2.59. The molecule has 1 rings (SSSR count). The van der Waals surface area contributed by atoms with Crippen LogP contribution >= 0.6 is 27.5 Å². The first-order valence-electron chi connectivity index (χ1n) is 5.44. The molecule has 0 heterocycles. The highest BCUT2D eigenvalue weighted by Crippen LogP contribution is 2.28. The van der Waals surface area contributed by atoms with Crippen LogP contribution in [0.1, 0.15) is 37.8 Å². The van der Waals surface area contributed by atoms with Crippen LogP contribution in [-0.4, -0.2) is 11.2 Å². The van der Waals surface area contributed by atoms with Crippen molar-refractivity contribution in [1.29, 1.82) is 0 Å². The molecule has 16 heavy (non-hydrogen) atoms. The van der Waals surface area contributed by atoms with E-state index in [1.54, 1.807) is 12.1 Å². The standard InChI is InChI=1S/C12H17BrClNO/c1-2-3-4-11(16)12(15)9-7-8(14)5-6-10(9)13/h5-7,11-12,16H,2-4,15H2,1H3/t11-,12+/m0/s1. The van der Waals surface area contributed by atoms with Gasteiger partial charge in [-0.15, -0.1) is 0 Å². The van der Waals surface area contributed by atoms with Crippen molar-refractivity contribution in [2.75, 3.05) is 0 Å². The van der Waals surface area contributed by atoms with Crippen LogP contribution < -0.4 is 5.73 Å². The van der Waals surface area contributed by atoms with Gasteiger partial charge >= 0.3 is 0 Å². The van der Waals surface area contributed by atoms with E-state index in [2.05, 4.69) is 22.9 Å². The monoisotopic (exact) mass is 305 g/mol. The minimum absolute atomic E-state index is 0.389. The minimum Gasteiger partial charge on any atom is -0.391 e. The highest BCUT2D eigenvalue weighted by atomic mass is 79.9. The number of aliphatic hydroxyl groups is 1. The fourth-order valence-electron chi connectivity index (χ4n) is 1.57. The maximum absolute atomic E-state index is 9.93. The number of hydrogen-bond donors (Lipinski definition) is 2. The zero-order valence-corrected chi connectivity index (χ0v) is 11.6. The number of hydrogen-bond acceptors (Lipinski definition) is 2. The molecule has 0 aliphatic carbocycles. The molecule has 0 spiro atoms. The Hall–Kier alpha value is -0.0900. The molecular formula is C12H17BrClNO. The van der Waals surface area contributed by atoms with E-state index < -0.39 is 6.10 Å². The van der Waals surface area contributed by atoms with Crippen LogP contribution in [0.15, 0.2) is 22.7 Å². The number of benzene rings is 1. The fraction of sp³-hybridized carbons (Fsp3) is 0.500. The smallest absolute Gasteiger partial charge is 0.0733 e. The molecule has 0 unspecified atom stereocenters. The second kappa shape index (κ2) is 6.60. The van der Waals surface area contributed by atoms with E-state index in [9.17, 15) is 5.11 Å². The second-order valence-corrected chi connectivity index (χ2v) is 5.19. The van der Waals surface area contributed by atoms with Gasteiger partial charge in [-0.05, 0) is 30.2 Å². The average molecular weight is 307 g/mol. The molecule has 0 saturated heterocycles. The summed E-state index contributed by atoms with van der Waals surface area (Å²) in [6.07, 6.45) is 2.24. The molecule has 0 amide bonds. The lowest BCUT2D eigenvalue weighted by Gasteiger charge is -2.20. The molecule has 0 aliphatic heterocycles. The maximum atomic E-state index is 9.93. The van der Waals surface area contributed by atoms with E-state index >= 15 is 0 Å². The molecule has 2 atom stereocenters. The molecule has 0 saturated carbocycles. The Balaban J connectivity index is 2.78. The van der Waals surface area contributed by atoms with Crippen LogP contribution in [0.5, 0.6) is 0 Å². The third-order valence-corrected chi connectivity index (χ3v) is 3.54. The quantitative estimate of drug-likeness (QED) is 0.872. The van der Waals surface area contributed by atoms with Crippen molar-refractivity contribution in [3.63, 3.8) is 0 Å². The highest BCUT2D eigenvalue weighted by Gasteiger charge is 2.18. The molecule has 0 radical (unpaired) electrons. The molecule has 1 aromatic carbocycles. The van der Waals surface area contributed by atoms with Gasteiger partial charge in [-0.1, -0.05) is 47.3 Å². The second-order valence-electron chi connectivity index (χ2n) is 3.90. The van der Waals surface area contributed by atoms with E-state index in [4.69, 9.17) is 17.3 Å². The summed E-state index contributed by atoms with van der Waals surface area (Å²) in [5.74, 6) is 0. The van der Waals surface area contributed by atoms with Crippen molar-refractivity contribution < 1.29 is 5.11 Å². The van der Waals surface area contributed by atoms with Gasteiger partial charge < -0.3 is 10.8 Å². The van der Waals surface area contributed by atoms with Crippen LogP contribution in [0.2, 0.25) is 5.02 Å². The third kappa shape index (κ3) is 3.74. The summed E-state index contributed by atoms with van der Waals surface area (Å²) in [6.45, 7) is 2.09. The van der Waals surface area contributed by atoms with Crippen LogP contribution in [-0.2, 0) is 0 Å². The van der Waals surface area contributed by atoms with Crippen molar-refractivity contribution in [3.05, 3.63) is 33.3 Å². The summed E-state index contributed by atoms with van der Waals surface area (Å²) >= 11 is 9.33. The first-order valence-corrected chi connectivity index (χ1v) is 6.62. The SMILES string of the molecule is CCCC[C@H](O)[C@H](N)c1cc(Cl)ccc1Br. The average Bonchev–Trinajstić information content (AvgIpc) is 2.28. The Morgan fingerprint density at radius 2 is 2.19 bits per heavy atom. The van der Waals surface area contributed by atoms with Gasteiger partial charge in [0.15, 0.2) is 0 Å². The van der Waals surface area contributed by atoms with Crippen LogP contribution in [0.4, 0.5) is 0 Å². The molecule has 0 bridgehead atoms. The Bertz CT molecular complexity index is 346. The zero-order chi connectivity index (χ0) is 12.1. The molecule has 1 aromatic rings. The van der Waals surface area contributed by atoms with E-state index in [0.717, 1.165) is 29.3 Å². The van der Waals surface area contributed by atoms with Gasteiger partial charge in [0, 0.05) is 9.50 Å². The van der Waals surface area contributed by atoms with Gasteiger partial charge in [0.2, 0.25) is 0 Å². The van der Waals surface area contributed by atoms with Crippen molar-refractivity contribution in [2.24, 2.45) is 5.73 Å². The topological polar surface area (TPSA) is 46.2 Å². The summed E-state index contributed by atoms with van der Waals surface area (Å²) in [5, 5.41) is 10.6. The van der Waals surface area contributed by atoms with Crippen molar-refractivity contribution in [2.45, 2.75) is 38.3 Å². The van der Waals surface area contributed by atoms with Crippen molar-refractivity contribution in [1.82, 2.24) is 0 Å². The molecule has 0 aliphatic rings. The summed E-state index contributed by atoms with van der Waals surface area (Å²) < 4.78 is 0.889.